The average Bonchev–Trinajstić information content (AvgIpc) is 3.29. The molecule has 0 unspecified atom stereocenters. The molecule has 29 heavy (non-hydrogen) atoms. The molecule has 2 aromatic carbocycles. The van der Waals surface area contributed by atoms with Gasteiger partial charge in [-0.1, -0.05) is 35.5 Å². The van der Waals surface area contributed by atoms with E-state index >= 15 is 0 Å². The van der Waals surface area contributed by atoms with Crippen LogP contribution in [-0.4, -0.2) is 36.5 Å². The van der Waals surface area contributed by atoms with Crippen LogP contribution in [0.4, 0.5) is 0 Å². The van der Waals surface area contributed by atoms with Crippen LogP contribution in [0.1, 0.15) is 0 Å². The zero-order chi connectivity index (χ0) is 20.2. The summed E-state index contributed by atoms with van der Waals surface area (Å²) in [4.78, 5) is 9.09. The molecule has 0 aliphatic heterocycles. The summed E-state index contributed by atoms with van der Waals surface area (Å²) < 4.78 is 21.5. The van der Waals surface area contributed by atoms with E-state index < -0.39 is 0 Å². The molecule has 4 rings (SSSR count). The highest BCUT2D eigenvalue weighted by Gasteiger charge is 2.17. The lowest BCUT2D eigenvalue weighted by molar-refractivity contribution is 0.393. The van der Waals surface area contributed by atoms with Crippen molar-refractivity contribution in [3.8, 4) is 51.5 Å². The maximum atomic E-state index is 5.48. The van der Waals surface area contributed by atoms with Gasteiger partial charge in [-0.3, -0.25) is 0 Å². The minimum absolute atomic E-state index is 0.339. The topological polar surface area (TPSA) is 79.5 Å². The summed E-state index contributed by atoms with van der Waals surface area (Å²) in [5, 5.41) is 4.10. The molecule has 0 spiro atoms. The SMILES string of the molecule is COc1cc(OC)cc(-c2nc(-c3ccc(-c4ccccc4)nc3OC)no2)c1. The Labute approximate surface area is 167 Å². The van der Waals surface area contributed by atoms with Gasteiger partial charge >= 0.3 is 0 Å². The van der Waals surface area contributed by atoms with Crippen LogP contribution in [0.15, 0.2) is 65.2 Å². The predicted molar refractivity (Wildman–Crippen MR) is 108 cm³/mol. The normalized spacial score (nSPS) is 10.6. The number of aromatic nitrogens is 3. The smallest absolute Gasteiger partial charge is 0.258 e. The van der Waals surface area contributed by atoms with Crippen molar-refractivity contribution < 1.29 is 18.7 Å². The zero-order valence-electron chi connectivity index (χ0n) is 16.2. The molecule has 7 heteroatoms. The van der Waals surface area contributed by atoms with Gasteiger partial charge in [0.05, 0.1) is 32.6 Å². The van der Waals surface area contributed by atoms with E-state index in [4.69, 9.17) is 18.7 Å². The first-order chi connectivity index (χ1) is 14.2. The van der Waals surface area contributed by atoms with Crippen LogP contribution in [0.5, 0.6) is 17.4 Å². The number of ether oxygens (including phenoxy) is 3. The fourth-order valence-corrected chi connectivity index (χ4v) is 2.92. The quantitative estimate of drug-likeness (QED) is 0.481. The third kappa shape index (κ3) is 3.75. The first kappa shape index (κ1) is 18.5. The van der Waals surface area contributed by atoms with Crippen molar-refractivity contribution in [1.82, 2.24) is 15.1 Å². The van der Waals surface area contributed by atoms with Crippen LogP contribution < -0.4 is 14.2 Å². The van der Waals surface area contributed by atoms with E-state index in [-0.39, 0.29) is 0 Å². The summed E-state index contributed by atoms with van der Waals surface area (Å²) in [6, 6.07) is 19.0. The van der Waals surface area contributed by atoms with Crippen molar-refractivity contribution in [2.75, 3.05) is 21.3 Å². The van der Waals surface area contributed by atoms with Gasteiger partial charge in [-0.15, -0.1) is 0 Å². The van der Waals surface area contributed by atoms with Crippen LogP contribution in [0, 0.1) is 0 Å². The minimum atomic E-state index is 0.339. The van der Waals surface area contributed by atoms with Gasteiger partial charge in [-0.05, 0) is 24.3 Å². The van der Waals surface area contributed by atoms with Gasteiger partial charge in [0.15, 0.2) is 0 Å². The van der Waals surface area contributed by atoms with Crippen LogP contribution >= 0.6 is 0 Å². The largest absolute Gasteiger partial charge is 0.497 e. The van der Waals surface area contributed by atoms with Gasteiger partial charge in [0.25, 0.3) is 5.89 Å². The Morgan fingerprint density at radius 1 is 0.724 bits per heavy atom. The Bertz CT molecular complexity index is 1100. The van der Waals surface area contributed by atoms with Crippen LogP contribution in [0.3, 0.4) is 0 Å². The van der Waals surface area contributed by atoms with Crippen LogP contribution in [-0.2, 0) is 0 Å². The molecule has 0 radical (unpaired) electrons. The van der Waals surface area contributed by atoms with Crippen molar-refractivity contribution in [1.29, 1.82) is 0 Å². The number of nitrogens with zero attached hydrogens (tertiary/aromatic N) is 3. The summed E-state index contributed by atoms with van der Waals surface area (Å²) in [7, 11) is 4.74. The van der Waals surface area contributed by atoms with Crippen molar-refractivity contribution in [2.24, 2.45) is 0 Å². The molecule has 4 aromatic rings. The van der Waals surface area contributed by atoms with E-state index in [1.807, 2.05) is 42.5 Å². The summed E-state index contributed by atoms with van der Waals surface area (Å²) in [6.07, 6.45) is 0. The van der Waals surface area contributed by atoms with Gasteiger partial charge in [0.1, 0.15) is 11.5 Å². The molecule has 0 N–H and O–H groups in total. The first-order valence-electron chi connectivity index (χ1n) is 8.90. The number of hydrogen-bond donors (Lipinski definition) is 0. The fourth-order valence-electron chi connectivity index (χ4n) is 2.92. The third-order valence-corrected chi connectivity index (χ3v) is 4.39. The second kappa shape index (κ2) is 8.02. The monoisotopic (exact) mass is 389 g/mol. The summed E-state index contributed by atoms with van der Waals surface area (Å²) in [5.41, 5.74) is 3.12. The highest BCUT2D eigenvalue weighted by Crippen LogP contribution is 2.33. The van der Waals surface area contributed by atoms with Gasteiger partial charge in [-0.25, -0.2) is 4.98 Å². The molecule has 0 aliphatic rings. The second-order valence-electron chi connectivity index (χ2n) is 6.14. The number of benzene rings is 2. The van der Waals surface area contributed by atoms with E-state index in [1.165, 1.54) is 0 Å². The van der Waals surface area contributed by atoms with E-state index in [2.05, 4.69) is 15.1 Å². The molecule has 146 valence electrons. The molecule has 2 aromatic heterocycles. The molecule has 0 fully saturated rings. The lowest BCUT2D eigenvalue weighted by Gasteiger charge is -2.07. The summed E-state index contributed by atoms with van der Waals surface area (Å²) in [6.45, 7) is 0. The molecule has 0 aliphatic carbocycles. The number of hydrogen-bond acceptors (Lipinski definition) is 7. The molecule has 0 bridgehead atoms. The van der Waals surface area contributed by atoms with E-state index in [1.54, 1.807) is 39.5 Å². The highest BCUT2D eigenvalue weighted by molar-refractivity contribution is 5.69. The number of rotatable bonds is 6. The molecular formula is C22H19N3O4. The second-order valence-corrected chi connectivity index (χ2v) is 6.14. The van der Waals surface area contributed by atoms with Crippen molar-refractivity contribution in [3.63, 3.8) is 0 Å². The van der Waals surface area contributed by atoms with Crippen LogP contribution in [0.25, 0.3) is 34.1 Å². The Hall–Kier alpha value is -3.87. The lowest BCUT2D eigenvalue weighted by atomic mass is 10.1. The van der Waals surface area contributed by atoms with Crippen LogP contribution in [0.2, 0.25) is 0 Å². The molecule has 0 saturated heterocycles. The van der Waals surface area contributed by atoms with Gasteiger partial charge in [-0.2, -0.15) is 4.98 Å². The molecule has 7 nitrogen and oxygen atoms in total. The maximum absolute atomic E-state index is 5.48. The van der Waals surface area contributed by atoms with Gasteiger partial charge in [0, 0.05) is 17.2 Å². The van der Waals surface area contributed by atoms with Crippen molar-refractivity contribution >= 4 is 0 Å². The van der Waals surface area contributed by atoms with Crippen molar-refractivity contribution in [2.45, 2.75) is 0 Å². The molecular weight excluding hydrogens is 370 g/mol. The molecule has 0 atom stereocenters. The predicted octanol–water partition coefficient (Wildman–Crippen LogP) is 4.49. The first-order valence-corrected chi connectivity index (χ1v) is 8.90. The minimum Gasteiger partial charge on any atom is -0.497 e. The third-order valence-electron chi connectivity index (χ3n) is 4.39. The zero-order valence-corrected chi connectivity index (χ0v) is 16.2. The molecule has 0 amide bonds. The highest BCUT2D eigenvalue weighted by atomic mass is 16.5. The maximum Gasteiger partial charge on any atom is 0.258 e. The Kier molecular flexibility index (Phi) is 5.11. The summed E-state index contributed by atoms with van der Waals surface area (Å²) in [5.74, 6) is 2.40. The average molecular weight is 389 g/mol. The molecule has 0 saturated carbocycles. The lowest BCUT2D eigenvalue weighted by Crippen LogP contribution is -1.95. The standard InChI is InChI=1S/C22H19N3O4/c1-26-16-11-15(12-17(13-16)27-2)21-24-20(25-29-21)18-9-10-19(23-22(18)28-3)14-7-5-4-6-8-14/h4-13H,1-3H3. The van der Waals surface area contributed by atoms with E-state index in [0.717, 1.165) is 11.3 Å². The van der Waals surface area contributed by atoms with E-state index in [9.17, 15) is 0 Å². The molecule has 2 heterocycles. The number of pyridine rings is 1. The Morgan fingerprint density at radius 2 is 1.45 bits per heavy atom. The number of methoxy groups -OCH3 is 3. The van der Waals surface area contributed by atoms with Crippen molar-refractivity contribution in [3.05, 3.63) is 60.7 Å². The Morgan fingerprint density at radius 3 is 2.10 bits per heavy atom. The fraction of sp³-hybridized carbons (Fsp3) is 0.136. The summed E-state index contributed by atoms with van der Waals surface area (Å²) >= 11 is 0. The van der Waals surface area contributed by atoms with E-state index in [0.29, 0.717) is 40.2 Å². The van der Waals surface area contributed by atoms with Gasteiger partial charge < -0.3 is 18.7 Å². The van der Waals surface area contributed by atoms with Gasteiger partial charge in [0.2, 0.25) is 11.7 Å². The Balaban J connectivity index is 1.71.